The van der Waals surface area contributed by atoms with E-state index in [0.717, 1.165) is 32.7 Å². The second-order valence-electron chi connectivity index (χ2n) is 4.26. The van der Waals surface area contributed by atoms with Gasteiger partial charge in [-0.1, -0.05) is 23.2 Å². The van der Waals surface area contributed by atoms with Gasteiger partial charge in [0.15, 0.2) is 0 Å². The molecule has 1 atom stereocenters. The molecule has 3 nitrogen and oxygen atoms in total. The maximum absolute atomic E-state index is 6.04. The van der Waals surface area contributed by atoms with Crippen LogP contribution in [0.25, 0.3) is 0 Å². The highest BCUT2D eigenvalue weighted by atomic mass is 35.5. The van der Waals surface area contributed by atoms with Gasteiger partial charge >= 0.3 is 0 Å². The van der Waals surface area contributed by atoms with Crippen LogP contribution in [0, 0.1) is 0 Å². The molecule has 0 fully saturated rings. The summed E-state index contributed by atoms with van der Waals surface area (Å²) in [5.41, 5.74) is 0. The van der Waals surface area contributed by atoms with E-state index in [9.17, 15) is 0 Å². The van der Waals surface area contributed by atoms with Crippen LogP contribution in [-0.4, -0.2) is 32.4 Å². The fourth-order valence-electron chi connectivity index (χ4n) is 1.57. The molecule has 0 bridgehead atoms. The van der Waals surface area contributed by atoms with E-state index < -0.39 is 0 Å². The van der Waals surface area contributed by atoms with Crippen LogP contribution in [0.3, 0.4) is 0 Å². The maximum Gasteiger partial charge on any atom is 0.139 e. The number of hydrogen-bond donors (Lipinski definition) is 1. The van der Waals surface area contributed by atoms with E-state index in [1.807, 2.05) is 13.8 Å². The first-order chi connectivity index (χ1) is 9.13. The first-order valence-electron chi connectivity index (χ1n) is 6.53. The summed E-state index contributed by atoms with van der Waals surface area (Å²) >= 11 is 11.9. The largest absolute Gasteiger partial charge is 0.488 e. The van der Waals surface area contributed by atoms with E-state index in [1.54, 1.807) is 18.2 Å². The van der Waals surface area contributed by atoms with Gasteiger partial charge in [0.25, 0.3) is 0 Å². The Balaban J connectivity index is 2.23. The summed E-state index contributed by atoms with van der Waals surface area (Å²) in [6.07, 6.45) is 1.03. The van der Waals surface area contributed by atoms with Gasteiger partial charge in [-0.2, -0.15) is 0 Å². The Labute approximate surface area is 125 Å². The average Bonchev–Trinajstić information content (AvgIpc) is 2.38. The fraction of sp³-hybridized carbons (Fsp3) is 0.571. The van der Waals surface area contributed by atoms with Crippen molar-refractivity contribution in [2.45, 2.75) is 26.4 Å². The normalized spacial score (nSPS) is 12.4. The molecular formula is C14H21Cl2NO2. The van der Waals surface area contributed by atoms with Crippen molar-refractivity contribution in [3.8, 4) is 5.75 Å². The lowest BCUT2D eigenvalue weighted by atomic mass is 10.3. The molecule has 0 aliphatic carbocycles. The third-order valence-corrected chi connectivity index (χ3v) is 3.05. The Morgan fingerprint density at radius 1 is 1.32 bits per heavy atom. The molecule has 1 unspecified atom stereocenters. The predicted octanol–water partition coefficient (Wildman–Crippen LogP) is 3.78. The molecule has 0 aliphatic rings. The fourth-order valence-corrected chi connectivity index (χ4v) is 1.90. The smallest absolute Gasteiger partial charge is 0.139 e. The molecule has 0 spiro atoms. The lowest BCUT2D eigenvalue weighted by Crippen LogP contribution is -2.30. The summed E-state index contributed by atoms with van der Waals surface area (Å²) in [4.78, 5) is 0. The third-order valence-electron chi connectivity index (χ3n) is 2.50. The van der Waals surface area contributed by atoms with Crippen molar-refractivity contribution in [2.75, 3.05) is 26.3 Å². The zero-order valence-electron chi connectivity index (χ0n) is 11.4. The molecule has 0 aromatic heterocycles. The van der Waals surface area contributed by atoms with E-state index in [2.05, 4.69) is 5.32 Å². The number of halogens is 2. The van der Waals surface area contributed by atoms with Crippen LogP contribution in [0.15, 0.2) is 18.2 Å². The molecule has 5 heteroatoms. The van der Waals surface area contributed by atoms with Gasteiger partial charge in [0.1, 0.15) is 11.9 Å². The number of hydrogen-bond acceptors (Lipinski definition) is 3. The Bertz CT molecular complexity index is 374. The van der Waals surface area contributed by atoms with Crippen LogP contribution in [0.4, 0.5) is 0 Å². The molecule has 0 heterocycles. The minimum Gasteiger partial charge on any atom is -0.488 e. The monoisotopic (exact) mass is 305 g/mol. The molecule has 0 saturated heterocycles. The molecule has 1 aromatic carbocycles. The number of rotatable bonds is 9. The Morgan fingerprint density at radius 3 is 2.84 bits per heavy atom. The van der Waals surface area contributed by atoms with Gasteiger partial charge in [0.05, 0.1) is 5.02 Å². The highest BCUT2D eigenvalue weighted by Gasteiger charge is 2.07. The molecule has 19 heavy (non-hydrogen) atoms. The van der Waals surface area contributed by atoms with Crippen LogP contribution in [0.1, 0.15) is 20.3 Å². The van der Waals surface area contributed by atoms with Crippen LogP contribution < -0.4 is 10.1 Å². The molecule has 1 rings (SSSR count). The summed E-state index contributed by atoms with van der Waals surface area (Å²) in [5.74, 6) is 0.623. The van der Waals surface area contributed by atoms with E-state index in [-0.39, 0.29) is 6.10 Å². The van der Waals surface area contributed by atoms with Gasteiger partial charge in [0.2, 0.25) is 0 Å². The molecule has 108 valence electrons. The van der Waals surface area contributed by atoms with E-state index in [4.69, 9.17) is 32.7 Å². The molecular weight excluding hydrogens is 285 g/mol. The summed E-state index contributed by atoms with van der Waals surface area (Å²) in [5, 5.41) is 4.52. The van der Waals surface area contributed by atoms with Crippen molar-refractivity contribution in [1.82, 2.24) is 5.32 Å². The van der Waals surface area contributed by atoms with Gasteiger partial charge in [-0.15, -0.1) is 0 Å². The summed E-state index contributed by atoms with van der Waals surface area (Å²) < 4.78 is 11.0. The van der Waals surface area contributed by atoms with E-state index in [1.165, 1.54) is 0 Å². The highest BCUT2D eigenvalue weighted by molar-refractivity contribution is 6.34. The van der Waals surface area contributed by atoms with Gasteiger partial charge in [-0.3, -0.25) is 0 Å². The summed E-state index contributed by atoms with van der Waals surface area (Å²) in [6, 6.07) is 5.21. The van der Waals surface area contributed by atoms with Crippen LogP contribution in [0.2, 0.25) is 10.0 Å². The quantitative estimate of drug-likeness (QED) is 0.704. The first kappa shape index (κ1) is 16.6. The second kappa shape index (κ2) is 9.43. The standard InChI is InChI=1S/C14H21Cl2NO2/c1-3-18-8-4-7-17-10-11(2)19-14-9-12(15)5-6-13(14)16/h5-6,9,11,17H,3-4,7-8,10H2,1-2H3. The molecule has 1 aromatic rings. The zero-order chi connectivity index (χ0) is 14.1. The van der Waals surface area contributed by atoms with Crippen molar-refractivity contribution in [2.24, 2.45) is 0 Å². The minimum atomic E-state index is 0.0306. The predicted molar refractivity (Wildman–Crippen MR) is 80.5 cm³/mol. The van der Waals surface area contributed by atoms with E-state index in [0.29, 0.717) is 15.8 Å². The van der Waals surface area contributed by atoms with Gasteiger partial charge in [-0.05, 0) is 38.9 Å². The third kappa shape index (κ3) is 7.02. The van der Waals surface area contributed by atoms with Crippen molar-refractivity contribution < 1.29 is 9.47 Å². The lowest BCUT2D eigenvalue weighted by Gasteiger charge is -2.16. The molecule has 0 radical (unpaired) electrons. The van der Waals surface area contributed by atoms with Crippen LogP contribution in [-0.2, 0) is 4.74 Å². The van der Waals surface area contributed by atoms with Crippen molar-refractivity contribution >= 4 is 23.2 Å². The number of ether oxygens (including phenoxy) is 2. The Hall–Kier alpha value is -0.480. The van der Waals surface area contributed by atoms with Gasteiger partial charge < -0.3 is 14.8 Å². The van der Waals surface area contributed by atoms with Crippen LogP contribution in [0.5, 0.6) is 5.75 Å². The van der Waals surface area contributed by atoms with Crippen molar-refractivity contribution in [3.63, 3.8) is 0 Å². The Kier molecular flexibility index (Phi) is 8.22. The lowest BCUT2D eigenvalue weighted by molar-refractivity contribution is 0.143. The van der Waals surface area contributed by atoms with Gasteiger partial charge in [-0.25, -0.2) is 0 Å². The molecule has 0 amide bonds. The first-order valence-corrected chi connectivity index (χ1v) is 7.29. The maximum atomic E-state index is 6.04. The second-order valence-corrected chi connectivity index (χ2v) is 5.10. The number of nitrogens with one attached hydrogen (secondary N) is 1. The zero-order valence-corrected chi connectivity index (χ0v) is 12.9. The highest BCUT2D eigenvalue weighted by Crippen LogP contribution is 2.28. The van der Waals surface area contributed by atoms with Crippen LogP contribution >= 0.6 is 23.2 Å². The molecule has 0 saturated carbocycles. The van der Waals surface area contributed by atoms with Gasteiger partial charge in [0, 0.05) is 30.8 Å². The van der Waals surface area contributed by atoms with Crippen molar-refractivity contribution in [3.05, 3.63) is 28.2 Å². The summed E-state index contributed by atoms with van der Waals surface area (Å²) in [6.45, 7) is 7.22. The Morgan fingerprint density at radius 2 is 2.11 bits per heavy atom. The number of benzene rings is 1. The molecule has 0 aliphatic heterocycles. The van der Waals surface area contributed by atoms with Crippen molar-refractivity contribution in [1.29, 1.82) is 0 Å². The summed E-state index contributed by atoms with van der Waals surface area (Å²) in [7, 11) is 0. The minimum absolute atomic E-state index is 0.0306. The molecule has 1 N–H and O–H groups in total. The van der Waals surface area contributed by atoms with E-state index >= 15 is 0 Å². The SMILES string of the molecule is CCOCCCNCC(C)Oc1cc(Cl)ccc1Cl. The topological polar surface area (TPSA) is 30.5 Å². The average molecular weight is 306 g/mol.